The van der Waals surface area contributed by atoms with Crippen LogP contribution in [0.2, 0.25) is 0 Å². The number of hydrogen-bond donors (Lipinski definition) is 1. The zero-order valence-corrected chi connectivity index (χ0v) is 13.5. The van der Waals surface area contributed by atoms with Crippen molar-refractivity contribution < 1.29 is 14.7 Å². The van der Waals surface area contributed by atoms with E-state index in [0.29, 0.717) is 19.5 Å². The van der Waals surface area contributed by atoms with Crippen LogP contribution in [0.1, 0.15) is 31.2 Å². The number of carboxylic acids is 1. The lowest BCUT2D eigenvalue weighted by Crippen LogP contribution is -2.35. The molecule has 5 heteroatoms. The van der Waals surface area contributed by atoms with Crippen LogP contribution in [-0.4, -0.2) is 35.0 Å². The second-order valence-corrected chi connectivity index (χ2v) is 7.29. The maximum atomic E-state index is 12.5. The topological polar surface area (TPSA) is 57.6 Å². The summed E-state index contributed by atoms with van der Waals surface area (Å²) in [5, 5.41) is 9.24. The fourth-order valence-corrected chi connectivity index (χ4v) is 3.55. The van der Waals surface area contributed by atoms with Crippen molar-refractivity contribution in [2.75, 3.05) is 13.1 Å². The van der Waals surface area contributed by atoms with E-state index in [4.69, 9.17) is 0 Å². The van der Waals surface area contributed by atoms with Crippen LogP contribution in [0.4, 0.5) is 0 Å². The molecule has 3 unspecified atom stereocenters. The minimum absolute atomic E-state index is 0.0236. The predicted molar refractivity (Wildman–Crippen MR) is 81.9 cm³/mol. The van der Waals surface area contributed by atoms with E-state index in [1.54, 1.807) is 11.8 Å². The van der Waals surface area contributed by atoms with Crippen LogP contribution in [0.5, 0.6) is 0 Å². The van der Waals surface area contributed by atoms with Gasteiger partial charge in [-0.25, -0.2) is 0 Å². The third kappa shape index (κ3) is 2.71. The van der Waals surface area contributed by atoms with Crippen molar-refractivity contribution in [2.45, 2.75) is 25.7 Å². The highest BCUT2D eigenvalue weighted by molar-refractivity contribution is 9.10. The molecule has 1 heterocycles. The summed E-state index contributed by atoms with van der Waals surface area (Å²) in [5.41, 5.74) is 0.401. The fourth-order valence-electron chi connectivity index (χ4n) is 3.13. The predicted octanol–water partition coefficient (Wildman–Crippen LogP) is 2.88. The Kier molecular flexibility index (Phi) is 3.56. The molecule has 3 rings (SSSR count). The van der Waals surface area contributed by atoms with Crippen LogP contribution in [0, 0.1) is 11.3 Å². The van der Waals surface area contributed by atoms with Gasteiger partial charge >= 0.3 is 5.97 Å². The van der Waals surface area contributed by atoms with Crippen molar-refractivity contribution in [1.29, 1.82) is 0 Å². The average Bonchev–Trinajstić information content (AvgIpc) is 3.14. The minimum atomic E-state index is -0.808. The highest BCUT2D eigenvalue weighted by Crippen LogP contribution is 2.49. The number of carboxylic acid groups (broad SMARTS) is 1. The number of benzene rings is 1. The Balaban J connectivity index is 1.65. The number of halogens is 1. The van der Waals surface area contributed by atoms with Crippen molar-refractivity contribution in [1.82, 2.24) is 4.90 Å². The first-order valence-corrected chi connectivity index (χ1v) is 7.98. The summed E-state index contributed by atoms with van der Waals surface area (Å²) in [6, 6.07) is 8.06. The Morgan fingerprint density at radius 3 is 2.81 bits per heavy atom. The molecule has 21 heavy (non-hydrogen) atoms. The van der Waals surface area contributed by atoms with Crippen LogP contribution < -0.4 is 0 Å². The summed E-state index contributed by atoms with van der Waals surface area (Å²) >= 11 is 3.45. The number of rotatable bonds is 3. The van der Waals surface area contributed by atoms with E-state index in [-0.39, 0.29) is 17.7 Å². The molecule has 1 amide bonds. The van der Waals surface area contributed by atoms with Gasteiger partial charge < -0.3 is 10.0 Å². The number of carbonyl (C=O) groups is 2. The summed E-state index contributed by atoms with van der Waals surface area (Å²) in [5.74, 6) is -0.385. The maximum Gasteiger partial charge on any atom is 0.311 e. The van der Waals surface area contributed by atoms with E-state index in [2.05, 4.69) is 22.0 Å². The van der Waals surface area contributed by atoms with Gasteiger partial charge in [0.05, 0.1) is 5.41 Å². The molecular formula is C16H18BrNO3. The first-order valence-electron chi connectivity index (χ1n) is 7.18. The van der Waals surface area contributed by atoms with Gasteiger partial charge in [0.2, 0.25) is 5.91 Å². The smallest absolute Gasteiger partial charge is 0.311 e. The first-order chi connectivity index (χ1) is 9.90. The third-order valence-corrected chi connectivity index (χ3v) is 5.18. The lowest BCUT2D eigenvalue weighted by Gasteiger charge is -2.20. The first kappa shape index (κ1) is 14.6. The molecule has 0 aromatic heterocycles. The SMILES string of the molecule is CC1(C(=O)O)CCN(C(=O)C2CC2c2cccc(Br)c2)C1. The lowest BCUT2D eigenvalue weighted by atomic mass is 9.90. The fraction of sp³-hybridized carbons (Fsp3) is 0.500. The summed E-state index contributed by atoms with van der Waals surface area (Å²) in [6.45, 7) is 2.62. The van der Waals surface area contributed by atoms with Crippen LogP contribution in [0.15, 0.2) is 28.7 Å². The summed E-state index contributed by atoms with van der Waals surface area (Å²) < 4.78 is 1.03. The standard InChI is InChI=1S/C16H18BrNO3/c1-16(15(20)21)5-6-18(9-16)14(19)13-8-12(13)10-3-2-4-11(17)7-10/h2-4,7,12-13H,5-6,8-9H2,1H3,(H,20,21). The van der Waals surface area contributed by atoms with Crippen molar-refractivity contribution >= 4 is 27.8 Å². The van der Waals surface area contributed by atoms with Gasteiger partial charge in [-0.05, 0) is 43.4 Å². The summed E-state index contributed by atoms with van der Waals surface area (Å²) in [7, 11) is 0. The Morgan fingerprint density at radius 2 is 2.19 bits per heavy atom. The van der Waals surface area contributed by atoms with Gasteiger partial charge in [0.15, 0.2) is 0 Å². The molecule has 112 valence electrons. The molecule has 1 saturated heterocycles. The molecule has 0 spiro atoms. The van der Waals surface area contributed by atoms with Crippen LogP contribution >= 0.6 is 15.9 Å². The number of hydrogen-bond acceptors (Lipinski definition) is 2. The van der Waals surface area contributed by atoms with E-state index >= 15 is 0 Å². The van der Waals surface area contributed by atoms with Gasteiger partial charge in [-0.1, -0.05) is 28.1 Å². The monoisotopic (exact) mass is 351 g/mol. The molecule has 0 radical (unpaired) electrons. The quantitative estimate of drug-likeness (QED) is 0.910. The Labute approximate surface area is 132 Å². The lowest BCUT2D eigenvalue weighted by molar-refractivity contribution is -0.147. The van der Waals surface area contributed by atoms with Gasteiger partial charge in [0.25, 0.3) is 0 Å². The molecular weight excluding hydrogens is 334 g/mol. The minimum Gasteiger partial charge on any atom is -0.481 e. The van der Waals surface area contributed by atoms with Crippen LogP contribution in [-0.2, 0) is 9.59 Å². The Morgan fingerprint density at radius 1 is 1.43 bits per heavy atom. The molecule has 1 aliphatic carbocycles. The molecule has 4 nitrogen and oxygen atoms in total. The van der Waals surface area contributed by atoms with Gasteiger partial charge in [0.1, 0.15) is 0 Å². The van der Waals surface area contributed by atoms with E-state index in [1.165, 1.54) is 5.56 Å². The van der Waals surface area contributed by atoms with Gasteiger partial charge in [-0.15, -0.1) is 0 Å². The van der Waals surface area contributed by atoms with E-state index in [0.717, 1.165) is 10.9 Å². The zero-order valence-electron chi connectivity index (χ0n) is 11.9. The number of aliphatic carboxylic acids is 1. The van der Waals surface area contributed by atoms with Crippen molar-refractivity contribution in [3.8, 4) is 0 Å². The second kappa shape index (κ2) is 5.13. The molecule has 0 bridgehead atoms. The number of likely N-dealkylation sites (tertiary alicyclic amines) is 1. The Hall–Kier alpha value is -1.36. The van der Waals surface area contributed by atoms with Crippen molar-refractivity contribution in [3.63, 3.8) is 0 Å². The normalized spacial score (nSPS) is 31.2. The van der Waals surface area contributed by atoms with Crippen molar-refractivity contribution in [2.24, 2.45) is 11.3 Å². The van der Waals surface area contributed by atoms with E-state index in [1.807, 2.05) is 18.2 Å². The van der Waals surface area contributed by atoms with Crippen LogP contribution in [0.3, 0.4) is 0 Å². The Bertz CT molecular complexity index is 603. The van der Waals surface area contributed by atoms with Gasteiger partial charge in [-0.3, -0.25) is 9.59 Å². The molecule has 1 aromatic carbocycles. The molecule has 2 aliphatic rings. The second-order valence-electron chi connectivity index (χ2n) is 6.38. The number of carbonyl (C=O) groups excluding carboxylic acids is 1. The van der Waals surface area contributed by atoms with E-state index < -0.39 is 11.4 Å². The van der Waals surface area contributed by atoms with Crippen LogP contribution in [0.25, 0.3) is 0 Å². The average molecular weight is 352 g/mol. The van der Waals surface area contributed by atoms with Crippen molar-refractivity contribution in [3.05, 3.63) is 34.3 Å². The number of nitrogens with zero attached hydrogens (tertiary/aromatic N) is 1. The van der Waals surface area contributed by atoms with E-state index in [9.17, 15) is 14.7 Å². The summed E-state index contributed by atoms with van der Waals surface area (Å²) in [6.07, 6.45) is 1.41. The zero-order chi connectivity index (χ0) is 15.2. The molecule has 3 atom stereocenters. The molecule has 1 N–H and O–H groups in total. The number of amides is 1. The van der Waals surface area contributed by atoms with Gasteiger partial charge in [-0.2, -0.15) is 0 Å². The molecule has 1 saturated carbocycles. The third-order valence-electron chi connectivity index (χ3n) is 4.69. The summed E-state index contributed by atoms with van der Waals surface area (Å²) in [4.78, 5) is 25.5. The maximum absolute atomic E-state index is 12.5. The highest BCUT2D eigenvalue weighted by Gasteiger charge is 2.49. The van der Waals surface area contributed by atoms with Gasteiger partial charge in [0, 0.05) is 23.5 Å². The highest BCUT2D eigenvalue weighted by atomic mass is 79.9. The molecule has 2 fully saturated rings. The molecule has 1 aliphatic heterocycles. The molecule has 1 aromatic rings. The largest absolute Gasteiger partial charge is 0.481 e.